The van der Waals surface area contributed by atoms with Crippen molar-refractivity contribution >= 4 is 5.78 Å². The van der Waals surface area contributed by atoms with E-state index in [1.54, 1.807) is 12.5 Å². The van der Waals surface area contributed by atoms with Crippen molar-refractivity contribution in [2.75, 3.05) is 0 Å². The molecule has 1 saturated carbocycles. The molecular weight excluding hydrogens is 178 g/mol. The van der Waals surface area contributed by atoms with E-state index in [1.165, 1.54) is 0 Å². The molecular formula is C10H15N3O. The molecule has 0 saturated heterocycles. The Morgan fingerprint density at radius 2 is 2.43 bits per heavy atom. The number of nitrogens with zero attached hydrogens (tertiary/aromatic N) is 2. The fourth-order valence-electron chi connectivity index (χ4n) is 1.69. The molecule has 0 aromatic carbocycles. The standard InChI is InChI=1S/C10H15N3O/c1-2-13-6-8(12-7-13)9(14)10(11)4-3-5-10/h6-7H,2-5,11H2,1H3. The lowest BCUT2D eigenvalue weighted by Crippen LogP contribution is -2.53. The van der Waals surface area contributed by atoms with Crippen LogP contribution in [-0.4, -0.2) is 20.9 Å². The minimum absolute atomic E-state index is 0.00375. The molecule has 1 aromatic heterocycles. The highest BCUT2D eigenvalue weighted by molar-refractivity contribution is 6.02. The minimum Gasteiger partial charge on any atom is -0.337 e. The highest BCUT2D eigenvalue weighted by Gasteiger charge is 2.41. The Morgan fingerprint density at radius 3 is 2.86 bits per heavy atom. The predicted octanol–water partition coefficient (Wildman–Crippen LogP) is 0.967. The molecule has 1 heterocycles. The molecule has 14 heavy (non-hydrogen) atoms. The summed E-state index contributed by atoms with van der Waals surface area (Å²) in [5.74, 6) is -0.00375. The van der Waals surface area contributed by atoms with Crippen molar-refractivity contribution < 1.29 is 4.79 Å². The summed E-state index contributed by atoms with van der Waals surface area (Å²) in [4.78, 5) is 15.9. The van der Waals surface area contributed by atoms with Crippen molar-refractivity contribution in [3.05, 3.63) is 18.2 Å². The summed E-state index contributed by atoms with van der Waals surface area (Å²) in [5, 5.41) is 0. The van der Waals surface area contributed by atoms with Crippen molar-refractivity contribution in [2.24, 2.45) is 5.73 Å². The Hall–Kier alpha value is -1.16. The summed E-state index contributed by atoms with van der Waals surface area (Å²) >= 11 is 0. The van der Waals surface area contributed by atoms with E-state index in [9.17, 15) is 4.79 Å². The average Bonchev–Trinajstić information content (AvgIpc) is 2.61. The largest absolute Gasteiger partial charge is 0.337 e. The molecule has 1 aliphatic rings. The van der Waals surface area contributed by atoms with Gasteiger partial charge in [-0.2, -0.15) is 0 Å². The van der Waals surface area contributed by atoms with Gasteiger partial charge < -0.3 is 10.3 Å². The Bertz CT molecular complexity index is 352. The van der Waals surface area contributed by atoms with E-state index < -0.39 is 5.54 Å². The second-order valence-electron chi connectivity index (χ2n) is 3.93. The number of carbonyl (C=O) groups is 1. The fourth-order valence-corrected chi connectivity index (χ4v) is 1.69. The van der Waals surface area contributed by atoms with Crippen LogP contribution < -0.4 is 5.73 Å². The molecule has 0 radical (unpaired) electrons. The fraction of sp³-hybridized carbons (Fsp3) is 0.600. The van der Waals surface area contributed by atoms with E-state index in [1.807, 2.05) is 11.5 Å². The van der Waals surface area contributed by atoms with Gasteiger partial charge in [0.2, 0.25) is 5.78 Å². The van der Waals surface area contributed by atoms with Crippen LogP contribution in [0.4, 0.5) is 0 Å². The third-order valence-corrected chi connectivity index (χ3v) is 2.93. The normalized spacial score (nSPS) is 19.0. The summed E-state index contributed by atoms with van der Waals surface area (Å²) < 4.78 is 1.88. The summed E-state index contributed by atoms with van der Waals surface area (Å²) in [6, 6.07) is 0. The van der Waals surface area contributed by atoms with Gasteiger partial charge in [-0.25, -0.2) is 4.98 Å². The first-order valence-electron chi connectivity index (χ1n) is 5.01. The van der Waals surface area contributed by atoms with E-state index in [4.69, 9.17) is 5.73 Å². The smallest absolute Gasteiger partial charge is 0.202 e. The minimum atomic E-state index is -0.618. The Labute approximate surface area is 83.1 Å². The van der Waals surface area contributed by atoms with Gasteiger partial charge in [0.25, 0.3) is 0 Å². The van der Waals surface area contributed by atoms with Crippen molar-refractivity contribution in [3.8, 4) is 0 Å². The zero-order chi connectivity index (χ0) is 10.2. The lowest BCUT2D eigenvalue weighted by molar-refractivity contribution is 0.0795. The SMILES string of the molecule is CCn1cnc(C(=O)C2(N)CCC2)c1. The number of aryl methyl sites for hydroxylation is 1. The van der Waals surface area contributed by atoms with Gasteiger partial charge in [-0.15, -0.1) is 0 Å². The van der Waals surface area contributed by atoms with E-state index in [-0.39, 0.29) is 5.78 Å². The molecule has 4 heteroatoms. The third kappa shape index (κ3) is 1.35. The maximum Gasteiger partial charge on any atom is 0.202 e. The zero-order valence-corrected chi connectivity index (χ0v) is 8.36. The topological polar surface area (TPSA) is 60.9 Å². The van der Waals surface area contributed by atoms with Crippen molar-refractivity contribution in [3.63, 3.8) is 0 Å². The van der Waals surface area contributed by atoms with Crippen LogP contribution >= 0.6 is 0 Å². The Balaban J connectivity index is 2.18. The number of hydrogen-bond donors (Lipinski definition) is 1. The molecule has 1 fully saturated rings. The van der Waals surface area contributed by atoms with Gasteiger partial charge in [-0.1, -0.05) is 0 Å². The summed E-state index contributed by atoms with van der Waals surface area (Å²) in [5.41, 5.74) is 5.82. The summed E-state index contributed by atoms with van der Waals surface area (Å²) in [7, 11) is 0. The molecule has 0 spiro atoms. The lowest BCUT2D eigenvalue weighted by atomic mass is 9.74. The summed E-state index contributed by atoms with van der Waals surface area (Å²) in [6.45, 7) is 2.84. The predicted molar refractivity (Wildman–Crippen MR) is 53.0 cm³/mol. The third-order valence-electron chi connectivity index (χ3n) is 2.93. The maximum atomic E-state index is 11.9. The number of Topliss-reactive ketones (excluding diaryl/α,β-unsaturated/α-hetero) is 1. The number of nitrogens with two attached hydrogens (primary N) is 1. The Morgan fingerprint density at radius 1 is 1.71 bits per heavy atom. The van der Waals surface area contributed by atoms with E-state index in [0.717, 1.165) is 25.8 Å². The van der Waals surface area contributed by atoms with Gasteiger partial charge in [0.15, 0.2) is 0 Å². The number of aromatic nitrogens is 2. The van der Waals surface area contributed by atoms with Crippen LogP contribution in [0.2, 0.25) is 0 Å². The van der Waals surface area contributed by atoms with Crippen molar-refractivity contribution in [2.45, 2.75) is 38.3 Å². The quantitative estimate of drug-likeness (QED) is 0.727. The molecule has 2 rings (SSSR count). The first kappa shape index (κ1) is 9.40. The summed E-state index contributed by atoms with van der Waals surface area (Å²) in [6.07, 6.45) is 6.09. The van der Waals surface area contributed by atoms with E-state index in [2.05, 4.69) is 4.98 Å². The van der Waals surface area contributed by atoms with Gasteiger partial charge in [0, 0.05) is 12.7 Å². The number of hydrogen-bond acceptors (Lipinski definition) is 3. The number of rotatable bonds is 3. The van der Waals surface area contributed by atoms with Crippen LogP contribution in [-0.2, 0) is 6.54 Å². The van der Waals surface area contributed by atoms with Crippen molar-refractivity contribution in [1.82, 2.24) is 9.55 Å². The number of imidazole rings is 1. The van der Waals surface area contributed by atoms with Gasteiger partial charge in [-0.05, 0) is 26.2 Å². The van der Waals surface area contributed by atoms with Crippen LogP contribution in [0.3, 0.4) is 0 Å². The molecule has 0 aliphatic heterocycles. The maximum absolute atomic E-state index is 11.9. The molecule has 0 amide bonds. The monoisotopic (exact) mass is 193 g/mol. The van der Waals surface area contributed by atoms with Crippen LogP contribution in [0, 0.1) is 0 Å². The molecule has 76 valence electrons. The molecule has 0 unspecified atom stereocenters. The van der Waals surface area contributed by atoms with Gasteiger partial charge in [0.05, 0.1) is 11.9 Å². The van der Waals surface area contributed by atoms with Crippen LogP contribution in [0.1, 0.15) is 36.7 Å². The second-order valence-corrected chi connectivity index (χ2v) is 3.93. The molecule has 0 atom stereocenters. The Kier molecular flexibility index (Phi) is 2.15. The highest BCUT2D eigenvalue weighted by Crippen LogP contribution is 2.31. The number of ketones is 1. The van der Waals surface area contributed by atoms with Crippen LogP contribution in [0.25, 0.3) is 0 Å². The van der Waals surface area contributed by atoms with E-state index in [0.29, 0.717) is 5.69 Å². The van der Waals surface area contributed by atoms with Gasteiger partial charge in [-0.3, -0.25) is 4.79 Å². The van der Waals surface area contributed by atoms with E-state index >= 15 is 0 Å². The van der Waals surface area contributed by atoms with Gasteiger partial charge >= 0.3 is 0 Å². The molecule has 1 aromatic rings. The molecule has 2 N–H and O–H groups in total. The van der Waals surface area contributed by atoms with Crippen LogP contribution in [0.15, 0.2) is 12.5 Å². The molecule has 4 nitrogen and oxygen atoms in total. The van der Waals surface area contributed by atoms with Crippen LogP contribution in [0.5, 0.6) is 0 Å². The van der Waals surface area contributed by atoms with Crippen molar-refractivity contribution in [1.29, 1.82) is 0 Å². The zero-order valence-electron chi connectivity index (χ0n) is 8.36. The average molecular weight is 193 g/mol. The number of carbonyl (C=O) groups excluding carboxylic acids is 1. The first-order valence-corrected chi connectivity index (χ1v) is 5.01. The first-order chi connectivity index (χ1) is 6.65. The molecule has 0 bridgehead atoms. The lowest BCUT2D eigenvalue weighted by Gasteiger charge is -2.35. The molecule has 1 aliphatic carbocycles. The van der Waals surface area contributed by atoms with Gasteiger partial charge in [0.1, 0.15) is 5.69 Å². The second kappa shape index (κ2) is 3.20. The highest BCUT2D eigenvalue weighted by atomic mass is 16.1.